The van der Waals surface area contributed by atoms with E-state index in [1.54, 1.807) is 0 Å². The number of unbranched alkanes of at least 4 members (excludes halogenated alkanes) is 8. The molecule has 1 nitrogen and oxygen atoms in total. The molecule has 0 fully saturated rings. The van der Waals surface area contributed by atoms with Gasteiger partial charge < -0.3 is 4.90 Å². The molecule has 7 aromatic rings. The predicted octanol–water partition coefficient (Wildman–Crippen LogP) is 18.1. The Morgan fingerprint density at radius 1 is 0.371 bits per heavy atom. The van der Waals surface area contributed by atoms with Gasteiger partial charge in [0.2, 0.25) is 0 Å². The topological polar surface area (TPSA) is 3.24 Å². The van der Waals surface area contributed by atoms with Gasteiger partial charge in [0.15, 0.2) is 0 Å². The number of hydrogen-bond donors (Lipinski definition) is 0. The van der Waals surface area contributed by atoms with Crippen molar-refractivity contribution in [1.82, 2.24) is 0 Å². The molecule has 0 heterocycles. The Kier molecular flexibility index (Phi) is 13.9. The lowest BCUT2D eigenvalue weighted by atomic mass is 9.70. The first-order valence-corrected chi connectivity index (χ1v) is 23.0. The van der Waals surface area contributed by atoms with Gasteiger partial charge in [0.1, 0.15) is 0 Å². The van der Waals surface area contributed by atoms with Crippen LogP contribution in [0.5, 0.6) is 0 Å². The van der Waals surface area contributed by atoms with Gasteiger partial charge in [-0.25, -0.2) is 0 Å². The molecule has 1 aliphatic rings. The lowest BCUT2D eigenvalue weighted by molar-refractivity contribution is 0.400. The minimum Gasteiger partial charge on any atom is -0.311 e. The second-order valence-corrected chi connectivity index (χ2v) is 17.0. The summed E-state index contributed by atoms with van der Waals surface area (Å²) in [5.74, 6) is 0. The quantitative estimate of drug-likeness (QED) is 0.0516. The molecule has 1 heteroatoms. The number of rotatable bonds is 21. The second-order valence-electron chi connectivity index (χ2n) is 17.0. The number of nitrogens with zero attached hydrogens (tertiary/aromatic N) is 1. The molecule has 310 valence electrons. The van der Waals surface area contributed by atoms with Crippen molar-refractivity contribution >= 4 is 23.1 Å². The van der Waals surface area contributed by atoms with Gasteiger partial charge in [0.05, 0.1) is 0 Å². The maximum Gasteiger partial charge on any atom is 0.0462 e. The van der Waals surface area contributed by atoms with Crippen LogP contribution in [0.15, 0.2) is 202 Å². The van der Waals surface area contributed by atoms with Gasteiger partial charge in [0.25, 0.3) is 0 Å². The molecule has 0 aromatic heterocycles. The molecular weight excluding hydrogens is 747 g/mol. The molecule has 62 heavy (non-hydrogen) atoms. The Balaban J connectivity index is 1.16. The summed E-state index contributed by atoms with van der Waals surface area (Å²) in [6.07, 6.45) is 20.5. The van der Waals surface area contributed by atoms with E-state index >= 15 is 0 Å². The van der Waals surface area contributed by atoms with Crippen LogP contribution in [0, 0.1) is 0 Å². The summed E-state index contributed by atoms with van der Waals surface area (Å²) in [5.41, 5.74) is 17.8. The SMILES string of the molecule is C=CCCCCCCC1(CCCCCCC=C)c2cc(-c3ccccc3)ccc2-c2ccc(-c3ccc(N(c4ccc(C=C)cc4)c4ccc(-c5ccccc5)cc4)cc3)cc21. The van der Waals surface area contributed by atoms with Gasteiger partial charge in [-0.2, -0.15) is 0 Å². The molecule has 0 radical (unpaired) electrons. The zero-order valence-corrected chi connectivity index (χ0v) is 36.5. The largest absolute Gasteiger partial charge is 0.311 e. The van der Waals surface area contributed by atoms with Crippen molar-refractivity contribution in [3.8, 4) is 44.5 Å². The van der Waals surface area contributed by atoms with E-state index in [2.05, 4.69) is 207 Å². The third kappa shape index (κ3) is 9.39. The molecule has 0 saturated heterocycles. The number of fused-ring (bicyclic) bond motifs is 3. The molecule has 0 N–H and O–H groups in total. The third-order valence-corrected chi connectivity index (χ3v) is 13.1. The summed E-state index contributed by atoms with van der Waals surface area (Å²) in [5, 5.41) is 0. The normalized spacial score (nSPS) is 12.3. The molecule has 0 atom stereocenters. The van der Waals surface area contributed by atoms with Gasteiger partial charge in [0, 0.05) is 22.5 Å². The highest BCUT2D eigenvalue weighted by molar-refractivity contribution is 5.87. The van der Waals surface area contributed by atoms with Gasteiger partial charge in [-0.1, -0.05) is 185 Å². The Labute approximate surface area is 371 Å². The highest BCUT2D eigenvalue weighted by atomic mass is 15.1. The smallest absolute Gasteiger partial charge is 0.0462 e. The highest BCUT2D eigenvalue weighted by Gasteiger charge is 2.42. The van der Waals surface area contributed by atoms with E-state index in [9.17, 15) is 0 Å². The highest BCUT2D eigenvalue weighted by Crippen LogP contribution is 2.56. The van der Waals surface area contributed by atoms with Crippen molar-refractivity contribution in [2.45, 2.75) is 82.5 Å². The first-order chi connectivity index (χ1) is 30.6. The Morgan fingerprint density at radius 2 is 0.742 bits per heavy atom. The van der Waals surface area contributed by atoms with Gasteiger partial charge in [-0.05, 0) is 148 Å². The van der Waals surface area contributed by atoms with E-state index in [1.807, 2.05) is 6.08 Å². The molecule has 0 aliphatic heterocycles. The molecule has 1 aliphatic carbocycles. The lowest BCUT2D eigenvalue weighted by Crippen LogP contribution is -2.25. The number of allylic oxidation sites excluding steroid dienone is 2. The Bertz CT molecular complexity index is 2520. The number of anilines is 3. The fourth-order valence-corrected chi connectivity index (χ4v) is 9.73. The molecule has 8 rings (SSSR count). The van der Waals surface area contributed by atoms with Gasteiger partial charge in [-0.3, -0.25) is 0 Å². The molecular formula is C61H61N. The predicted molar refractivity (Wildman–Crippen MR) is 270 cm³/mol. The standard InChI is InChI=1S/C61H61N/c1-4-7-9-11-13-21-43-61(44-22-14-12-10-8-5-2)59-45-52(49-25-19-16-20-26-49)33-41-57(59)58-42-34-53(46-60(58)61)51-31-39-56(40-32-51)62(54-35-27-47(6-3)28-36-54)55-37-29-50(30-38-55)48-23-17-15-18-24-48/h4-6,15-20,23-42,45-46H,1-3,7-14,21-22,43-44H2. The summed E-state index contributed by atoms with van der Waals surface area (Å²) in [4.78, 5) is 2.35. The average Bonchev–Trinajstić information content (AvgIpc) is 3.60. The van der Waals surface area contributed by atoms with Crippen LogP contribution in [0.1, 0.15) is 93.7 Å². The third-order valence-electron chi connectivity index (χ3n) is 13.1. The summed E-state index contributed by atoms with van der Waals surface area (Å²) >= 11 is 0. The molecule has 0 unspecified atom stereocenters. The molecule has 0 bridgehead atoms. The van der Waals surface area contributed by atoms with E-state index < -0.39 is 0 Å². The van der Waals surface area contributed by atoms with Crippen LogP contribution in [-0.2, 0) is 5.41 Å². The van der Waals surface area contributed by atoms with E-state index in [4.69, 9.17) is 0 Å². The average molecular weight is 808 g/mol. The number of hydrogen-bond acceptors (Lipinski definition) is 1. The van der Waals surface area contributed by atoms with Crippen LogP contribution in [0.3, 0.4) is 0 Å². The first kappa shape index (κ1) is 42.3. The van der Waals surface area contributed by atoms with Crippen molar-refractivity contribution in [3.63, 3.8) is 0 Å². The first-order valence-electron chi connectivity index (χ1n) is 23.0. The minimum absolute atomic E-state index is 0.0391. The van der Waals surface area contributed by atoms with E-state index in [-0.39, 0.29) is 5.41 Å². The summed E-state index contributed by atoms with van der Waals surface area (Å²) in [7, 11) is 0. The minimum atomic E-state index is -0.0391. The Morgan fingerprint density at radius 3 is 1.18 bits per heavy atom. The number of benzene rings is 7. The molecule has 0 saturated carbocycles. The fraction of sp³-hybridized carbons (Fsp3) is 0.213. The molecule has 0 amide bonds. The van der Waals surface area contributed by atoms with Crippen LogP contribution in [0.25, 0.3) is 50.6 Å². The van der Waals surface area contributed by atoms with Crippen LogP contribution in [0.2, 0.25) is 0 Å². The van der Waals surface area contributed by atoms with Crippen LogP contribution < -0.4 is 4.90 Å². The van der Waals surface area contributed by atoms with E-state index in [1.165, 1.54) is 107 Å². The molecule has 0 spiro atoms. The summed E-state index contributed by atoms with van der Waals surface area (Å²) in [6, 6.07) is 63.0. The van der Waals surface area contributed by atoms with Crippen molar-refractivity contribution in [1.29, 1.82) is 0 Å². The van der Waals surface area contributed by atoms with Crippen molar-refractivity contribution in [2.75, 3.05) is 4.90 Å². The second kappa shape index (κ2) is 20.4. The monoisotopic (exact) mass is 807 g/mol. The lowest BCUT2D eigenvalue weighted by Gasteiger charge is -2.33. The maximum atomic E-state index is 3.99. The zero-order chi connectivity index (χ0) is 42.6. The summed E-state index contributed by atoms with van der Waals surface area (Å²) < 4.78 is 0. The maximum absolute atomic E-state index is 3.99. The van der Waals surface area contributed by atoms with Crippen molar-refractivity contribution in [3.05, 3.63) is 218 Å². The van der Waals surface area contributed by atoms with Gasteiger partial charge in [-0.15, -0.1) is 13.2 Å². The summed E-state index contributed by atoms with van der Waals surface area (Å²) in [6.45, 7) is 11.9. The Hall–Kier alpha value is -6.44. The fourth-order valence-electron chi connectivity index (χ4n) is 9.73. The van der Waals surface area contributed by atoms with Gasteiger partial charge >= 0.3 is 0 Å². The van der Waals surface area contributed by atoms with Crippen LogP contribution in [0.4, 0.5) is 17.1 Å². The zero-order valence-electron chi connectivity index (χ0n) is 36.5. The van der Waals surface area contributed by atoms with Crippen LogP contribution in [-0.4, -0.2) is 0 Å². The molecule has 7 aromatic carbocycles. The van der Waals surface area contributed by atoms with E-state index in [0.29, 0.717) is 0 Å². The van der Waals surface area contributed by atoms with Crippen LogP contribution >= 0.6 is 0 Å². The van der Waals surface area contributed by atoms with E-state index in [0.717, 1.165) is 48.3 Å². The van der Waals surface area contributed by atoms with Crippen molar-refractivity contribution < 1.29 is 0 Å². The van der Waals surface area contributed by atoms with Crippen molar-refractivity contribution in [2.24, 2.45) is 0 Å².